The van der Waals surface area contributed by atoms with E-state index in [1.54, 1.807) is 13.8 Å². The number of esters is 2. The fraction of sp³-hybridized carbons (Fsp3) is 0.360. The van der Waals surface area contributed by atoms with Crippen molar-refractivity contribution in [2.24, 2.45) is 0 Å². The van der Waals surface area contributed by atoms with E-state index in [1.165, 1.54) is 0 Å². The van der Waals surface area contributed by atoms with Crippen molar-refractivity contribution in [1.82, 2.24) is 9.97 Å². The van der Waals surface area contributed by atoms with E-state index in [2.05, 4.69) is 6.07 Å². The highest BCUT2D eigenvalue weighted by molar-refractivity contribution is 5.84. The SMILES string of the molecule is CCOC(=O)CCC1(CCC(=O)OCC)c2ccccc2-c2nc3ccccc3nc21. The molecular formula is C25H26N2O4. The molecule has 3 aromatic rings. The molecule has 1 heterocycles. The van der Waals surface area contributed by atoms with Gasteiger partial charge in [0.1, 0.15) is 0 Å². The van der Waals surface area contributed by atoms with Crippen LogP contribution < -0.4 is 0 Å². The summed E-state index contributed by atoms with van der Waals surface area (Å²) >= 11 is 0. The molecule has 2 aromatic carbocycles. The fourth-order valence-electron chi connectivity index (χ4n) is 4.48. The number of para-hydroxylation sites is 2. The Morgan fingerprint density at radius 2 is 1.35 bits per heavy atom. The predicted octanol–water partition coefficient (Wildman–Crippen LogP) is 4.58. The molecule has 0 spiro atoms. The van der Waals surface area contributed by atoms with Crippen LogP contribution in [0.5, 0.6) is 0 Å². The smallest absolute Gasteiger partial charge is 0.305 e. The third-order valence-corrected chi connectivity index (χ3v) is 5.84. The molecule has 1 aromatic heterocycles. The quantitative estimate of drug-likeness (QED) is 0.498. The van der Waals surface area contributed by atoms with Crippen molar-refractivity contribution in [2.75, 3.05) is 13.2 Å². The maximum Gasteiger partial charge on any atom is 0.305 e. The number of fused-ring (bicyclic) bond motifs is 4. The second-order valence-corrected chi connectivity index (χ2v) is 7.65. The van der Waals surface area contributed by atoms with E-state index in [1.807, 2.05) is 42.5 Å². The van der Waals surface area contributed by atoms with Crippen molar-refractivity contribution in [3.8, 4) is 11.3 Å². The van der Waals surface area contributed by atoms with E-state index in [-0.39, 0.29) is 24.8 Å². The third-order valence-electron chi connectivity index (χ3n) is 5.84. The van der Waals surface area contributed by atoms with Crippen LogP contribution in [0.3, 0.4) is 0 Å². The van der Waals surface area contributed by atoms with Gasteiger partial charge in [-0.25, -0.2) is 9.97 Å². The Hall–Kier alpha value is -3.28. The van der Waals surface area contributed by atoms with Gasteiger partial charge in [-0.15, -0.1) is 0 Å². The summed E-state index contributed by atoms with van der Waals surface area (Å²) in [4.78, 5) is 34.5. The zero-order valence-corrected chi connectivity index (χ0v) is 17.9. The van der Waals surface area contributed by atoms with Crippen LogP contribution in [0.15, 0.2) is 48.5 Å². The summed E-state index contributed by atoms with van der Waals surface area (Å²) < 4.78 is 10.4. The number of ether oxygens (including phenoxy) is 2. The topological polar surface area (TPSA) is 78.4 Å². The number of hydrogen-bond donors (Lipinski definition) is 0. The van der Waals surface area contributed by atoms with Gasteiger partial charge in [0.2, 0.25) is 0 Å². The molecule has 0 fully saturated rings. The maximum absolute atomic E-state index is 12.3. The van der Waals surface area contributed by atoms with Gasteiger partial charge in [0.25, 0.3) is 0 Å². The molecule has 0 unspecified atom stereocenters. The van der Waals surface area contributed by atoms with Crippen molar-refractivity contribution >= 4 is 23.0 Å². The highest BCUT2D eigenvalue weighted by Crippen LogP contribution is 2.52. The zero-order chi connectivity index (χ0) is 21.8. The normalized spacial score (nSPS) is 13.5. The van der Waals surface area contributed by atoms with Gasteiger partial charge >= 0.3 is 11.9 Å². The number of carbonyl (C=O) groups is 2. The molecule has 0 radical (unpaired) electrons. The summed E-state index contributed by atoms with van der Waals surface area (Å²) in [5.74, 6) is -0.504. The lowest BCUT2D eigenvalue weighted by Gasteiger charge is -2.30. The van der Waals surface area contributed by atoms with Crippen LogP contribution in [0.25, 0.3) is 22.3 Å². The monoisotopic (exact) mass is 418 g/mol. The van der Waals surface area contributed by atoms with Gasteiger partial charge in [-0.1, -0.05) is 36.4 Å². The summed E-state index contributed by atoms with van der Waals surface area (Å²) in [5.41, 5.74) is 4.70. The van der Waals surface area contributed by atoms with E-state index in [9.17, 15) is 9.59 Å². The van der Waals surface area contributed by atoms with Gasteiger partial charge in [0.15, 0.2) is 0 Å². The van der Waals surface area contributed by atoms with Gasteiger partial charge in [-0.05, 0) is 44.4 Å². The van der Waals surface area contributed by atoms with Gasteiger partial charge < -0.3 is 9.47 Å². The molecular weight excluding hydrogens is 392 g/mol. The van der Waals surface area contributed by atoms with Gasteiger partial charge in [0, 0.05) is 23.8 Å². The highest BCUT2D eigenvalue weighted by Gasteiger charge is 2.46. The minimum absolute atomic E-state index is 0.235. The molecule has 0 N–H and O–H groups in total. The predicted molar refractivity (Wildman–Crippen MR) is 117 cm³/mol. The summed E-state index contributed by atoms with van der Waals surface area (Å²) in [6.07, 6.45) is 1.45. The number of nitrogens with zero attached hydrogens (tertiary/aromatic N) is 2. The Bertz CT molecular complexity index is 1100. The molecule has 31 heavy (non-hydrogen) atoms. The lowest BCUT2D eigenvalue weighted by atomic mass is 9.73. The molecule has 0 amide bonds. The Morgan fingerprint density at radius 1 is 0.806 bits per heavy atom. The molecule has 160 valence electrons. The Balaban J connectivity index is 1.84. The summed E-state index contributed by atoms with van der Waals surface area (Å²) in [7, 11) is 0. The van der Waals surface area contributed by atoms with Crippen molar-refractivity contribution in [1.29, 1.82) is 0 Å². The number of hydrogen-bond acceptors (Lipinski definition) is 6. The van der Waals surface area contributed by atoms with Crippen LogP contribution in [0.1, 0.15) is 50.8 Å². The molecule has 4 rings (SSSR count). The second kappa shape index (κ2) is 8.84. The van der Waals surface area contributed by atoms with E-state index in [0.717, 1.165) is 33.5 Å². The first kappa shape index (κ1) is 21.0. The standard InChI is InChI=1S/C25H26N2O4/c1-3-30-21(28)13-15-25(16-14-22(29)31-4-2)18-10-6-5-9-17(18)23-24(25)27-20-12-8-7-11-19(20)26-23/h5-12H,3-4,13-16H2,1-2H3. The van der Waals surface area contributed by atoms with Crippen LogP contribution in [0, 0.1) is 0 Å². The number of benzene rings is 2. The van der Waals surface area contributed by atoms with E-state index in [0.29, 0.717) is 26.1 Å². The van der Waals surface area contributed by atoms with Crippen LogP contribution >= 0.6 is 0 Å². The van der Waals surface area contributed by atoms with Gasteiger partial charge in [-0.2, -0.15) is 0 Å². The molecule has 0 atom stereocenters. The first-order valence-electron chi connectivity index (χ1n) is 10.8. The van der Waals surface area contributed by atoms with Crippen molar-refractivity contribution in [3.05, 3.63) is 59.8 Å². The Morgan fingerprint density at radius 3 is 1.97 bits per heavy atom. The molecule has 0 bridgehead atoms. The highest BCUT2D eigenvalue weighted by atomic mass is 16.5. The summed E-state index contributed by atoms with van der Waals surface area (Å²) in [5, 5.41) is 0. The van der Waals surface area contributed by atoms with Gasteiger partial charge in [0.05, 0.1) is 35.6 Å². The average Bonchev–Trinajstić information content (AvgIpc) is 3.05. The van der Waals surface area contributed by atoms with E-state index >= 15 is 0 Å². The van der Waals surface area contributed by atoms with Crippen molar-refractivity contribution < 1.29 is 19.1 Å². The number of aromatic nitrogens is 2. The maximum atomic E-state index is 12.3. The largest absolute Gasteiger partial charge is 0.466 e. The van der Waals surface area contributed by atoms with Crippen LogP contribution in [0.2, 0.25) is 0 Å². The lowest BCUT2D eigenvalue weighted by molar-refractivity contribution is -0.143. The summed E-state index contributed by atoms with van der Waals surface area (Å²) in [6.45, 7) is 4.27. The second-order valence-electron chi connectivity index (χ2n) is 7.65. The minimum atomic E-state index is -0.609. The molecule has 0 saturated carbocycles. The summed E-state index contributed by atoms with van der Waals surface area (Å²) in [6, 6.07) is 15.8. The molecule has 1 aliphatic carbocycles. The molecule has 0 aliphatic heterocycles. The van der Waals surface area contributed by atoms with Crippen LogP contribution in [-0.4, -0.2) is 35.1 Å². The van der Waals surface area contributed by atoms with Crippen molar-refractivity contribution in [2.45, 2.75) is 44.9 Å². The van der Waals surface area contributed by atoms with Crippen molar-refractivity contribution in [3.63, 3.8) is 0 Å². The molecule has 1 aliphatic rings. The number of rotatable bonds is 8. The van der Waals surface area contributed by atoms with E-state index < -0.39 is 5.41 Å². The Kier molecular flexibility index (Phi) is 5.98. The average molecular weight is 418 g/mol. The minimum Gasteiger partial charge on any atom is -0.466 e. The van der Waals surface area contributed by atoms with E-state index in [4.69, 9.17) is 19.4 Å². The number of carbonyl (C=O) groups excluding carboxylic acids is 2. The molecule has 6 heteroatoms. The van der Waals surface area contributed by atoms with Crippen LogP contribution in [0.4, 0.5) is 0 Å². The third kappa shape index (κ3) is 3.90. The van der Waals surface area contributed by atoms with Crippen LogP contribution in [-0.2, 0) is 24.5 Å². The Labute approximate surface area is 181 Å². The van der Waals surface area contributed by atoms with Gasteiger partial charge in [-0.3, -0.25) is 9.59 Å². The zero-order valence-electron chi connectivity index (χ0n) is 17.9. The molecule has 0 saturated heterocycles. The lowest BCUT2D eigenvalue weighted by Crippen LogP contribution is -2.29. The first-order valence-corrected chi connectivity index (χ1v) is 10.8. The molecule has 6 nitrogen and oxygen atoms in total. The first-order chi connectivity index (χ1) is 15.1. The fourth-order valence-corrected chi connectivity index (χ4v) is 4.48.